The van der Waals surface area contributed by atoms with Gasteiger partial charge in [-0.2, -0.15) is 0 Å². The van der Waals surface area contributed by atoms with Crippen molar-refractivity contribution in [1.29, 1.82) is 0 Å². The Morgan fingerprint density at radius 3 is 2.19 bits per heavy atom. The maximum Gasteiger partial charge on any atom is 0.321 e. The number of para-hydroxylation sites is 1. The molecule has 2 aliphatic heterocycles. The second-order valence-electron chi connectivity index (χ2n) is 7.41. The molecule has 1 unspecified atom stereocenters. The van der Waals surface area contributed by atoms with E-state index >= 15 is 0 Å². The zero-order chi connectivity index (χ0) is 17.8. The van der Waals surface area contributed by atoms with Crippen molar-refractivity contribution in [3.8, 4) is 0 Å². The maximum atomic E-state index is 12.5. The van der Waals surface area contributed by atoms with Crippen LogP contribution in [-0.4, -0.2) is 48.1 Å². The summed E-state index contributed by atoms with van der Waals surface area (Å²) in [5.74, 6) is 0.686. The van der Waals surface area contributed by atoms with Crippen molar-refractivity contribution in [3.05, 3.63) is 66.2 Å². The first-order valence-corrected chi connectivity index (χ1v) is 9.69. The topological polar surface area (TPSA) is 35.6 Å². The fourth-order valence-corrected chi connectivity index (χ4v) is 4.27. The molecule has 2 aromatic rings. The van der Waals surface area contributed by atoms with Crippen LogP contribution >= 0.6 is 0 Å². The Balaban J connectivity index is 1.27. The number of piperidine rings is 1. The lowest BCUT2D eigenvalue weighted by Crippen LogP contribution is -2.43. The molecule has 2 amide bonds. The molecule has 136 valence electrons. The van der Waals surface area contributed by atoms with E-state index in [4.69, 9.17) is 0 Å². The number of nitrogens with zero attached hydrogens (tertiary/aromatic N) is 2. The third-order valence-electron chi connectivity index (χ3n) is 5.79. The molecule has 2 heterocycles. The number of amides is 2. The van der Waals surface area contributed by atoms with Crippen molar-refractivity contribution in [3.63, 3.8) is 0 Å². The maximum absolute atomic E-state index is 12.5. The van der Waals surface area contributed by atoms with E-state index in [0.29, 0.717) is 12.0 Å². The highest BCUT2D eigenvalue weighted by molar-refractivity contribution is 5.89. The van der Waals surface area contributed by atoms with Crippen LogP contribution in [0.4, 0.5) is 10.5 Å². The zero-order valence-corrected chi connectivity index (χ0v) is 15.2. The summed E-state index contributed by atoms with van der Waals surface area (Å²) >= 11 is 0. The number of hydrogen-bond donors (Lipinski definition) is 1. The van der Waals surface area contributed by atoms with Crippen molar-refractivity contribution >= 4 is 11.7 Å². The Morgan fingerprint density at radius 2 is 1.50 bits per heavy atom. The van der Waals surface area contributed by atoms with E-state index < -0.39 is 0 Å². The van der Waals surface area contributed by atoms with Crippen LogP contribution in [-0.2, 0) is 0 Å². The molecule has 4 rings (SSSR count). The van der Waals surface area contributed by atoms with E-state index in [1.807, 2.05) is 35.2 Å². The highest BCUT2D eigenvalue weighted by Crippen LogP contribution is 2.30. The minimum Gasteiger partial charge on any atom is -0.323 e. The van der Waals surface area contributed by atoms with Gasteiger partial charge in [0.15, 0.2) is 0 Å². The number of nitrogens with one attached hydrogen (secondary N) is 1. The first kappa shape index (κ1) is 17.1. The van der Waals surface area contributed by atoms with Gasteiger partial charge in [0.25, 0.3) is 0 Å². The third kappa shape index (κ3) is 3.91. The van der Waals surface area contributed by atoms with Gasteiger partial charge in [0.2, 0.25) is 0 Å². The molecule has 0 aromatic heterocycles. The summed E-state index contributed by atoms with van der Waals surface area (Å²) in [6, 6.07) is 21.1. The summed E-state index contributed by atoms with van der Waals surface area (Å²) in [5, 5.41) is 3.00. The van der Waals surface area contributed by atoms with Crippen molar-refractivity contribution in [1.82, 2.24) is 9.80 Å². The molecule has 0 radical (unpaired) electrons. The fourth-order valence-electron chi connectivity index (χ4n) is 4.27. The molecule has 4 nitrogen and oxygen atoms in total. The molecule has 1 N–H and O–H groups in total. The van der Waals surface area contributed by atoms with Crippen LogP contribution < -0.4 is 5.32 Å². The van der Waals surface area contributed by atoms with Crippen LogP contribution in [0, 0.1) is 0 Å². The second kappa shape index (κ2) is 7.92. The normalized spacial score (nSPS) is 21.7. The quantitative estimate of drug-likeness (QED) is 0.902. The lowest BCUT2D eigenvalue weighted by atomic mass is 9.89. The highest BCUT2D eigenvalue weighted by atomic mass is 16.2. The lowest BCUT2D eigenvalue weighted by molar-refractivity contribution is 0.153. The monoisotopic (exact) mass is 349 g/mol. The Labute approximate surface area is 155 Å². The second-order valence-corrected chi connectivity index (χ2v) is 7.41. The molecule has 4 heteroatoms. The minimum absolute atomic E-state index is 0.0258. The average Bonchev–Trinajstić information content (AvgIpc) is 3.20. The largest absolute Gasteiger partial charge is 0.323 e. The summed E-state index contributed by atoms with van der Waals surface area (Å²) in [4.78, 5) is 17.0. The first-order valence-electron chi connectivity index (χ1n) is 9.69. The standard InChI is InChI=1S/C22H27N3O/c26-22(23-20-9-5-2-6-10-20)25-16-13-21(17-25)24-14-11-19(12-15-24)18-7-3-1-4-8-18/h1-10,19,21H,11-17H2,(H,23,26). The molecule has 26 heavy (non-hydrogen) atoms. The first-order chi connectivity index (χ1) is 12.8. The Morgan fingerprint density at radius 1 is 0.846 bits per heavy atom. The number of carbonyl (C=O) groups is 1. The van der Waals surface area contributed by atoms with Crippen LogP contribution in [0.2, 0.25) is 0 Å². The predicted molar refractivity (Wildman–Crippen MR) is 105 cm³/mol. The van der Waals surface area contributed by atoms with Gasteiger partial charge in [-0.15, -0.1) is 0 Å². The number of hydrogen-bond acceptors (Lipinski definition) is 2. The molecule has 2 aliphatic rings. The van der Waals surface area contributed by atoms with Crippen LogP contribution in [0.1, 0.15) is 30.7 Å². The van der Waals surface area contributed by atoms with Crippen molar-refractivity contribution < 1.29 is 4.79 Å². The van der Waals surface area contributed by atoms with Gasteiger partial charge in [0, 0.05) is 24.8 Å². The molecule has 2 aromatic carbocycles. The van der Waals surface area contributed by atoms with E-state index in [2.05, 4.69) is 40.5 Å². The molecule has 1 atom stereocenters. The number of benzene rings is 2. The predicted octanol–water partition coefficient (Wildman–Crippen LogP) is 4.17. The molecular weight excluding hydrogens is 322 g/mol. The van der Waals surface area contributed by atoms with Gasteiger partial charge in [0.1, 0.15) is 0 Å². The van der Waals surface area contributed by atoms with E-state index in [9.17, 15) is 4.79 Å². The fraction of sp³-hybridized carbons (Fsp3) is 0.409. The third-order valence-corrected chi connectivity index (χ3v) is 5.79. The summed E-state index contributed by atoms with van der Waals surface area (Å²) in [7, 11) is 0. The Bertz CT molecular complexity index is 711. The van der Waals surface area contributed by atoms with Gasteiger partial charge in [-0.1, -0.05) is 48.5 Å². The van der Waals surface area contributed by atoms with Gasteiger partial charge in [-0.05, 0) is 56.0 Å². The van der Waals surface area contributed by atoms with Crippen molar-refractivity contribution in [2.45, 2.75) is 31.2 Å². The van der Waals surface area contributed by atoms with Crippen LogP contribution in [0.3, 0.4) is 0 Å². The Kier molecular flexibility index (Phi) is 5.21. The highest BCUT2D eigenvalue weighted by Gasteiger charge is 2.32. The zero-order valence-electron chi connectivity index (χ0n) is 15.2. The molecule has 0 bridgehead atoms. The average molecular weight is 349 g/mol. The number of likely N-dealkylation sites (tertiary alicyclic amines) is 2. The van der Waals surface area contributed by atoms with E-state index in [1.54, 1.807) is 0 Å². The van der Waals surface area contributed by atoms with Crippen LogP contribution in [0.15, 0.2) is 60.7 Å². The number of urea groups is 1. The van der Waals surface area contributed by atoms with Crippen molar-refractivity contribution in [2.75, 3.05) is 31.5 Å². The smallest absolute Gasteiger partial charge is 0.321 e. The van der Waals surface area contributed by atoms with Crippen LogP contribution in [0.5, 0.6) is 0 Å². The molecule has 0 spiro atoms. The number of rotatable bonds is 3. The van der Waals surface area contributed by atoms with Gasteiger partial charge < -0.3 is 10.2 Å². The molecule has 2 saturated heterocycles. The molecule has 0 aliphatic carbocycles. The van der Waals surface area contributed by atoms with Gasteiger partial charge >= 0.3 is 6.03 Å². The Hall–Kier alpha value is -2.33. The molecular formula is C22H27N3O. The van der Waals surface area contributed by atoms with Gasteiger partial charge in [-0.25, -0.2) is 4.79 Å². The SMILES string of the molecule is O=C(Nc1ccccc1)N1CCC(N2CCC(c3ccccc3)CC2)C1. The van der Waals surface area contributed by atoms with E-state index in [0.717, 1.165) is 38.3 Å². The summed E-state index contributed by atoms with van der Waals surface area (Å²) in [5.41, 5.74) is 2.34. The van der Waals surface area contributed by atoms with E-state index in [-0.39, 0.29) is 6.03 Å². The summed E-state index contributed by atoms with van der Waals surface area (Å²) in [6.07, 6.45) is 3.52. The molecule has 2 fully saturated rings. The summed E-state index contributed by atoms with van der Waals surface area (Å²) < 4.78 is 0. The van der Waals surface area contributed by atoms with Crippen molar-refractivity contribution in [2.24, 2.45) is 0 Å². The summed E-state index contributed by atoms with van der Waals surface area (Å²) in [6.45, 7) is 3.97. The lowest BCUT2D eigenvalue weighted by Gasteiger charge is -2.36. The molecule has 0 saturated carbocycles. The number of carbonyl (C=O) groups excluding carboxylic acids is 1. The number of anilines is 1. The van der Waals surface area contributed by atoms with Gasteiger partial charge in [0.05, 0.1) is 0 Å². The van der Waals surface area contributed by atoms with Gasteiger partial charge in [-0.3, -0.25) is 4.90 Å². The van der Waals surface area contributed by atoms with E-state index in [1.165, 1.54) is 18.4 Å². The van der Waals surface area contributed by atoms with Crippen LogP contribution in [0.25, 0.3) is 0 Å². The minimum atomic E-state index is 0.0258.